The normalized spacial score (nSPS) is 10.2. The number of ketones is 1. The van der Waals surface area contributed by atoms with E-state index in [0.717, 1.165) is 13.0 Å². The highest BCUT2D eigenvalue weighted by molar-refractivity contribution is 6.33. The lowest BCUT2D eigenvalue weighted by atomic mass is 10.2. The van der Waals surface area contributed by atoms with Gasteiger partial charge in [-0.1, -0.05) is 12.1 Å². The largest absolute Gasteiger partial charge is 0.425 e. The van der Waals surface area contributed by atoms with E-state index in [1.165, 1.54) is 0 Å². The number of fused-ring (bicyclic) bond motifs is 1. The molecule has 0 atom stereocenters. The molecule has 17 heavy (non-hydrogen) atoms. The molecule has 5 heteroatoms. The van der Waals surface area contributed by atoms with Crippen molar-refractivity contribution >= 4 is 22.7 Å². The number of hydrogen-bond donors (Lipinski definition) is 0. The zero-order chi connectivity index (χ0) is 12.4. The second-order valence-electron chi connectivity index (χ2n) is 3.37. The molecule has 0 radical (unpaired) electrons. The Hall–Kier alpha value is -2.43. The van der Waals surface area contributed by atoms with E-state index in [1.807, 2.05) is 0 Å². The first kappa shape index (κ1) is 11.1. The van der Waals surface area contributed by atoms with Crippen molar-refractivity contribution in [3.05, 3.63) is 40.6 Å². The lowest BCUT2D eigenvalue weighted by Crippen LogP contribution is -2.17. The standard InChI is InChI=1S/C12H8O5/c1-7(13)12(15)17-11-6-9(14)8-4-2-3-5-10(8)16-11/h2-6H,1H3. The molecule has 0 unspecified atom stereocenters. The maximum Gasteiger partial charge on any atom is 0.382 e. The van der Waals surface area contributed by atoms with E-state index in [2.05, 4.69) is 4.74 Å². The average molecular weight is 232 g/mol. The van der Waals surface area contributed by atoms with E-state index >= 15 is 0 Å². The van der Waals surface area contributed by atoms with Crippen molar-refractivity contribution in [2.45, 2.75) is 6.92 Å². The third kappa shape index (κ3) is 2.23. The summed E-state index contributed by atoms with van der Waals surface area (Å²) in [6.07, 6.45) is 0. The Morgan fingerprint density at radius 2 is 1.94 bits per heavy atom. The number of carbonyl (C=O) groups is 2. The second kappa shape index (κ2) is 4.21. The highest BCUT2D eigenvalue weighted by atomic mass is 16.6. The topological polar surface area (TPSA) is 73.6 Å². The van der Waals surface area contributed by atoms with Crippen molar-refractivity contribution in [1.29, 1.82) is 0 Å². The molecular formula is C12H8O5. The molecule has 0 saturated heterocycles. The molecule has 0 aliphatic heterocycles. The fourth-order valence-electron chi connectivity index (χ4n) is 1.30. The van der Waals surface area contributed by atoms with E-state index in [0.29, 0.717) is 11.0 Å². The first-order valence-electron chi connectivity index (χ1n) is 4.83. The Morgan fingerprint density at radius 1 is 1.24 bits per heavy atom. The Morgan fingerprint density at radius 3 is 2.65 bits per heavy atom. The number of rotatable bonds is 2. The van der Waals surface area contributed by atoms with E-state index in [1.54, 1.807) is 24.3 Å². The maximum absolute atomic E-state index is 11.6. The summed E-state index contributed by atoms with van der Waals surface area (Å²) in [6, 6.07) is 7.57. The highest BCUT2D eigenvalue weighted by Crippen LogP contribution is 2.16. The van der Waals surface area contributed by atoms with Crippen LogP contribution in [-0.2, 0) is 9.59 Å². The third-order valence-electron chi connectivity index (χ3n) is 2.09. The molecular weight excluding hydrogens is 224 g/mol. The van der Waals surface area contributed by atoms with Crippen molar-refractivity contribution < 1.29 is 18.7 Å². The van der Waals surface area contributed by atoms with Crippen molar-refractivity contribution in [3.8, 4) is 5.95 Å². The molecule has 2 aromatic rings. The van der Waals surface area contributed by atoms with Crippen molar-refractivity contribution in [2.75, 3.05) is 0 Å². The van der Waals surface area contributed by atoms with Crippen LogP contribution in [-0.4, -0.2) is 11.8 Å². The summed E-state index contributed by atoms with van der Waals surface area (Å²) in [5.41, 5.74) is -0.0374. The minimum absolute atomic E-state index is 0.283. The highest BCUT2D eigenvalue weighted by Gasteiger charge is 2.13. The van der Waals surface area contributed by atoms with Gasteiger partial charge in [0.05, 0.1) is 11.5 Å². The molecule has 0 fully saturated rings. The van der Waals surface area contributed by atoms with Gasteiger partial charge >= 0.3 is 5.97 Å². The van der Waals surface area contributed by atoms with Gasteiger partial charge in [-0.05, 0) is 12.1 Å². The Kier molecular flexibility index (Phi) is 2.74. The van der Waals surface area contributed by atoms with Gasteiger partial charge in [-0.2, -0.15) is 0 Å². The predicted octanol–water partition coefficient (Wildman–Crippen LogP) is 1.29. The molecule has 0 aliphatic carbocycles. The summed E-state index contributed by atoms with van der Waals surface area (Å²) in [6.45, 7) is 1.07. The Balaban J connectivity index is 2.47. The molecule has 0 aliphatic rings. The molecule has 5 nitrogen and oxygen atoms in total. The first-order chi connectivity index (χ1) is 8.08. The maximum atomic E-state index is 11.6. The third-order valence-corrected chi connectivity index (χ3v) is 2.09. The van der Waals surface area contributed by atoms with Crippen molar-refractivity contribution in [1.82, 2.24) is 0 Å². The summed E-state index contributed by atoms with van der Waals surface area (Å²) in [4.78, 5) is 33.3. The van der Waals surface area contributed by atoms with Crippen LogP contribution in [0.5, 0.6) is 5.95 Å². The molecule has 0 bridgehead atoms. The fraction of sp³-hybridized carbons (Fsp3) is 0.0833. The van der Waals surface area contributed by atoms with Crippen LogP contribution in [0.1, 0.15) is 6.92 Å². The molecule has 0 saturated carbocycles. The summed E-state index contributed by atoms with van der Waals surface area (Å²) in [5, 5.41) is 0.384. The van der Waals surface area contributed by atoms with E-state index in [-0.39, 0.29) is 11.4 Å². The SMILES string of the molecule is CC(=O)C(=O)Oc1cc(=O)c2ccccc2o1. The summed E-state index contributed by atoms with van der Waals surface area (Å²) >= 11 is 0. The van der Waals surface area contributed by atoms with Gasteiger partial charge in [0, 0.05) is 6.92 Å². The monoisotopic (exact) mass is 232 g/mol. The van der Waals surface area contributed by atoms with Crippen LogP contribution in [0.2, 0.25) is 0 Å². The summed E-state index contributed by atoms with van der Waals surface area (Å²) in [5.74, 6) is -2.11. The van der Waals surface area contributed by atoms with Crippen LogP contribution in [0.3, 0.4) is 0 Å². The van der Waals surface area contributed by atoms with Gasteiger partial charge in [-0.15, -0.1) is 0 Å². The van der Waals surface area contributed by atoms with Crippen LogP contribution >= 0.6 is 0 Å². The van der Waals surface area contributed by atoms with Crippen LogP contribution in [0.4, 0.5) is 0 Å². The smallest absolute Gasteiger partial charge is 0.382 e. The number of benzene rings is 1. The Bertz CT molecular complexity index is 653. The van der Waals surface area contributed by atoms with Gasteiger partial charge in [0.1, 0.15) is 5.58 Å². The van der Waals surface area contributed by atoms with Crippen molar-refractivity contribution in [3.63, 3.8) is 0 Å². The average Bonchev–Trinajstić information content (AvgIpc) is 2.29. The van der Waals surface area contributed by atoms with Crippen LogP contribution in [0.15, 0.2) is 39.5 Å². The molecule has 0 spiro atoms. The van der Waals surface area contributed by atoms with Gasteiger partial charge in [0.25, 0.3) is 5.95 Å². The summed E-state index contributed by atoms with van der Waals surface area (Å²) < 4.78 is 9.78. The van der Waals surface area contributed by atoms with Gasteiger partial charge < -0.3 is 9.15 Å². The van der Waals surface area contributed by atoms with E-state index in [4.69, 9.17) is 4.42 Å². The predicted molar refractivity (Wildman–Crippen MR) is 58.8 cm³/mol. The second-order valence-corrected chi connectivity index (χ2v) is 3.37. The van der Waals surface area contributed by atoms with Crippen LogP contribution in [0.25, 0.3) is 11.0 Å². The molecule has 2 rings (SSSR count). The van der Waals surface area contributed by atoms with E-state index < -0.39 is 11.8 Å². The van der Waals surface area contributed by atoms with Gasteiger partial charge in [-0.3, -0.25) is 9.59 Å². The number of carbonyl (C=O) groups excluding carboxylic acids is 2. The number of hydrogen-bond acceptors (Lipinski definition) is 5. The first-order valence-corrected chi connectivity index (χ1v) is 4.83. The lowest BCUT2D eigenvalue weighted by Gasteiger charge is -2.01. The van der Waals surface area contributed by atoms with Gasteiger partial charge in [0.15, 0.2) is 5.43 Å². The van der Waals surface area contributed by atoms with E-state index in [9.17, 15) is 14.4 Å². The quantitative estimate of drug-likeness (QED) is 0.576. The fourth-order valence-corrected chi connectivity index (χ4v) is 1.30. The van der Waals surface area contributed by atoms with Gasteiger partial charge in [-0.25, -0.2) is 4.79 Å². The molecule has 1 aromatic heterocycles. The zero-order valence-corrected chi connectivity index (χ0v) is 8.93. The van der Waals surface area contributed by atoms with Gasteiger partial charge in [0.2, 0.25) is 5.78 Å². The molecule has 86 valence electrons. The Labute approximate surface area is 95.6 Å². The zero-order valence-electron chi connectivity index (χ0n) is 8.93. The number of Topliss-reactive ketones (excluding diaryl/α,β-unsaturated/α-hetero) is 1. The lowest BCUT2D eigenvalue weighted by molar-refractivity contribution is -0.146. The molecule has 0 N–H and O–H groups in total. The van der Waals surface area contributed by atoms with Crippen LogP contribution in [0, 0.1) is 0 Å². The number of ether oxygens (including phenoxy) is 1. The summed E-state index contributed by atoms with van der Waals surface area (Å²) in [7, 11) is 0. The minimum atomic E-state index is -1.07. The minimum Gasteiger partial charge on any atom is -0.425 e. The molecule has 1 aromatic carbocycles. The molecule has 1 heterocycles. The number of para-hydroxylation sites is 1. The number of esters is 1. The molecule has 0 amide bonds. The van der Waals surface area contributed by atoms with Crippen LogP contribution < -0.4 is 10.2 Å². The van der Waals surface area contributed by atoms with Crippen molar-refractivity contribution in [2.24, 2.45) is 0 Å².